The highest BCUT2D eigenvalue weighted by Crippen LogP contribution is 2.27. The van der Waals surface area contributed by atoms with Crippen LogP contribution in [-0.4, -0.2) is 23.5 Å². The van der Waals surface area contributed by atoms with Gasteiger partial charge in [-0.2, -0.15) is 0 Å². The fraction of sp³-hybridized carbons (Fsp3) is 0.368. The molecule has 0 saturated heterocycles. The van der Waals surface area contributed by atoms with Crippen molar-refractivity contribution in [2.75, 3.05) is 11.9 Å². The first kappa shape index (κ1) is 16.3. The number of nitrogens with one attached hydrogen (secondary N) is 2. The third kappa shape index (κ3) is 4.04. The van der Waals surface area contributed by atoms with Gasteiger partial charge in [-0.05, 0) is 44.0 Å². The molecular formula is C19H23N3O2. The van der Waals surface area contributed by atoms with E-state index in [1.165, 1.54) is 12.8 Å². The molecule has 1 aromatic carbocycles. The summed E-state index contributed by atoms with van der Waals surface area (Å²) in [5.41, 5.74) is 2.11. The molecule has 0 bridgehead atoms. The predicted molar refractivity (Wildman–Crippen MR) is 94.9 cm³/mol. The summed E-state index contributed by atoms with van der Waals surface area (Å²) in [6.07, 6.45) is 6.15. The van der Waals surface area contributed by atoms with Crippen LogP contribution in [0.4, 0.5) is 11.4 Å². The summed E-state index contributed by atoms with van der Waals surface area (Å²) in [7, 11) is 0. The Balaban J connectivity index is 1.72. The quantitative estimate of drug-likeness (QED) is 0.845. The minimum atomic E-state index is -0.108. The molecule has 1 amide bonds. The Kier molecular flexibility index (Phi) is 5.31. The molecular weight excluding hydrogens is 302 g/mol. The molecule has 1 aromatic heterocycles. The Morgan fingerprint density at radius 3 is 2.83 bits per heavy atom. The van der Waals surface area contributed by atoms with E-state index in [1.807, 2.05) is 37.3 Å². The van der Waals surface area contributed by atoms with Crippen LogP contribution in [0, 0.1) is 0 Å². The fourth-order valence-electron chi connectivity index (χ4n) is 2.97. The topological polar surface area (TPSA) is 63.2 Å². The average molecular weight is 325 g/mol. The van der Waals surface area contributed by atoms with Crippen LogP contribution in [-0.2, 0) is 0 Å². The number of aromatic nitrogens is 1. The number of benzene rings is 1. The van der Waals surface area contributed by atoms with Gasteiger partial charge in [-0.15, -0.1) is 0 Å². The number of nitrogens with zero attached hydrogens (tertiary/aromatic N) is 1. The summed E-state index contributed by atoms with van der Waals surface area (Å²) in [4.78, 5) is 16.5. The standard InChI is InChI=1S/C19H23N3O2/c1-2-24-18-10-6-5-9-16(18)21-15-11-12-20-17(13-15)19(23)22-14-7-3-4-8-14/h5-6,9-14H,2-4,7-8H2,1H3,(H,20,21)(H,22,23). The van der Waals surface area contributed by atoms with E-state index in [0.29, 0.717) is 12.3 Å². The van der Waals surface area contributed by atoms with E-state index in [0.717, 1.165) is 30.0 Å². The molecule has 0 aliphatic heterocycles. The predicted octanol–water partition coefficient (Wildman–Crippen LogP) is 3.90. The Labute approximate surface area is 142 Å². The van der Waals surface area contributed by atoms with Crippen LogP contribution >= 0.6 is 0 Å². The molecule has 5 heteroatoms. The van der Waals surface area contributed by atoms with E-state index >= 15 is 0 Å². The third-order valence-electron chi connectivity index (χ3n) is 4.15. The lowest BCUT2D eigenvalue weighted by Crippen LogP contribution is -2.33. The molecule has 3 rings (SSSR count). The van der Waals surface area contributed by atoms with E-state index in [2.05, 4.69) is 15.6 Å². The zero-order chi connectivity index (χ0) is 16.8. The van der Waals surface area contributed by atoms with Crippen LogP contribution < -0.4 is 15.4 Å². The molecule has 0 unspecified atom stereocenters. The minimum absolute atomic E-state index is 0.108. The van der Waals surface area contributed by atoms with Crippen LogP contribution in [0.5, 0.6) is 5.75 Å². The van der Waals surface area contributed by atoms with Crippen molar-refractivity contribution in [3.05, 3.63) is 48.3 Å². The van der Waals surface area contributed by atoms with E-state index in [-0.39, 0.29) is 11.9 Å². The van der Waals surface area contributed by atoms with Gasteiger partial charge in [0.1, 0.15) is 11.4 Å². The van der Waals surface area contributed by atoms with Crippen molar-refractivity contribution in [1.82, 2.24) is 10.3 Å². The molecule has 1 fully saturated rings. The maximum atomic E-state index is 12.3. The van der Waals surface area contributed by atoms with Gasteiger partial charge < -0.3 is 15.4 Å². The van der Waals surface area contributed by atoms with Gasteiger partial charge in [0.2, 0.25) is 0 Å². The molecule has 0 spiro atoms. The Morgan fingerprint density at radius 2 is 2.04 bits per heavy atom. The van der Waals surface area contributed by atoms with Crippen LogP contribution in [0.1, 0.15) is 43.1 Å². The number of ether oxygens (including phenoxy) is 1. The average Bonchev–Trinajstić information content (AvgIpc) is 3.10. The number of carbonyl (C=O) groups excluding carboxylic acids is 1. The second-order valence-corrected chi connectivity index (χ2v) is 5.94. The van der Waals surface area contributed by atoms with Gasteiger partial charge in [-0.3, -0.25) is 9.78 Å². The second kappa shape index (κ2) is 7.81. The molecule has 2 N–H and O–H groups in total. The van der Waals surface area contributed by atoms with Crippen molar-refractivity contribution in [3.8, 4) is 5.75 Å². The van der Waals surface area contributed by atoms with Gasteiger partial charge in [-0.25, -0.2) is 0 Å². The maximum Gasteiger partial charge on any atom is 0.270 e. The Morgan fingerprint density at radius 1 is 1.25 bits per heavy atom. The van der Waals surface area contributed by atoms with Crippen molar-refractivity contribution < 1.29 is 9.53 Å². The molecule has 0 atom stereocenters. The van der Waals surface area contributed by atoms with E-state index in [9.17, 15) is 4.79 Å². The Bertz CT molecular complexity index is 697. The molecule has 2 aromatic rings. The molecule has 126 valence electrons. The first-order chi connectivity index (χ1) is 11.8. The first-order valence-corrected chi connectivity index (χ1v) is 8.52. The highest BCUT2D eigenvalue weighted by atomic mass is 16.5. The van der Waals surface area contributed by atoms with E-state index < -0.39 is 0 Å². The van der Waals surface area contributed by atoms with Crippen molar-refractivity contribution >= 4 is 17.3 Å². The van der Waals surface area contributed by atoms with Crippen LogP contribution in [0.15, 0.2) is 42.6 Å². The van der Waals surface area contributed by atoms with Crippen molar-refractivity contribution in [2.45, 2.75) is 38.6 Å². The largest absolute Gasteiger partial charge is 0.492 e. The van der Waals surface area contributed by atoms with Gasteiger partial charge in [0, 0.05) is 17.9 Å². The molecule has 1 aliphatic rings. The number of pyridine rings is 1. The minimum Gasteiger partial charge on any atom is -0.492 e. The summed E-state index contributed by atoms with van der Waals surface area (Å²) < 4.78 is 5.62. The zero-order valence-electron chi connectivity index (χ0n) is 13.9. The van der Waals surface area contributed by atoms with Crippen molar-refractivity contribution in [3.63, 3.8) is 0 Å². The summed E-state index contributed by atoms with van der Waals surface area (Å²) in [6, 6.07) is 11.6. The molecule has 5 nitrogen and oxygen atoms in total. The van der Waals surface area contributed by atoms with Crippen molar-refractivity contribution in [1.29, 1.82) is 0 Å². The highest BCUT2D eigenvalue weighted by Gasteiger charge is 2.18. The zero-order valence-corrected chi connectivity index (χ0v) is 13.9. The van der Waals surface area contributed by atoms with Gasteiger partial charge >= 0.3 is 0 Å². The lowest BCUT2D eigenvalue weighted by atomic mass is 10.2. The molecule has 1 aliphatic carbocycles. The normalized spacial score (nSPS) is 14.4. The van der Waals surface area contributed by atoms with Gasteiger partial charge in [-0.1, -0.05) is 25.0 Å². The highest BCUT2D eigenvalue weighted by molar-refractivity contribution is 5.93. The van der Waals surface area contributed by atoms with Crippen LogP contribution in [0.2, 0.25) is 0 Å². The summed E-state index contributed by atoms with van der Waals surface area (Å²) in [5.74, 6) is 0.678. The van der Waals surface area contributed by atoms with Crippen molar-refractivity contribution in [2.24, 2.45) is 0 Å². The number of rotatable bonds is 6. The fourth-order valence-corrected chi connectivity index (χ4v) is 2.97. The SMILES string of the molecule is CCOc1ccccc1Nc1ccnc(C(=O)NC2CCCC2)c1. The number of carbonyl (C=O) groups is 1. The van der Waals surface area contributed by atoms with Crippen LogP contribution in [0.25, 0.3) is 0 Å². The number of amides is 1. The third-order valence-corrected chi connectivity index (χ3v) is 4.15. The first-order valence-electron chi connectivity index (χ1n) is 8.52. The van der Waals surface area contributed by atoms with Gasteiger partial charge in [0.15, 0.2) is 0 Å². The Hall–Kier alpha value is -2.56. The van der Waals surface area contributed by atoms with Gasteiger partial charge in [0.25, 0.3) is 5.91 Å². The maximum absolute atomic E-state index is 12.3. The molecule has 1 saturated carbocycles. The lowest BCUT2D eigenvalue weighted by molar-refractivity contribution is 0.0933. The molecule has 0 radical (unpaired) electrons. The number of hydrogen-bond acceptors (Lipinski definition) is 4. The van der Waals surface area contributed by atoms with Crippen LogP contribution in [0.3, 0.4) is 0 Å². The number of para-hydroxylation sites is 2. The van der Waals surface area contributed by atoms with E-state index in [4.69, 9.17) is 4.74 Å². The molecule has 1 heterocycles. The summed E-state index contributed by atoms with van der Waals surface area (Å²) in [5, 5.41) is 6.37. The summed E-state index contributed by atoms with van der Waals surface area (Å²) in [6.45, 7) is 2.55. The lowest BCUT2D eigenvalue weighted by Gasteiger charge is -2.14. The molecule has 24 heavy (non-hydrogen) atoms. The number of hydrogen-bond donors (Lipinski definition) is 2. The number of anilines is 2. The summed E-state index contributed by atoms with van der Waals surface area (Å²) >= 11 is 0. The monoisotopic (exact) mass is 325 g/mol. The smallest absolute Gasteiger partial charge is 0.270 e. The van der Waals surface area contributed by atoms with Gasteiger partial charge in [0.05, 0.1) is 12.3 Å². The van der Waals surface area contributed by atoms with E-state index in [1.54, 1.807) is 12.3 Å². The second-order valence-electron chi connectivity index (χ2n) is 5.94.